The van der Waals surface area contributed by atoms with Crippen molar-refractivity contribution in [1.29, 1.82) is 5.26 Å². The van der Waals surface area contributed by atoms with Gasteiger partial charge in [0.1, 0.15) is 6.04 Å². The Hall–Kier alpha value is -4.92. The first kappa shape index (κ1) is 29.2. The average molecular weight is 627 g/mol. The quantitative estimate of drug-likeness (QED) is 0.267. The van der Waals surface area contributed by atoms with E-state index in [1.54, 1.807) is 17.3 Å². The Morgan fingerprint density at radius 1 is 0.909 bits per heavy atom. The van der Waals surface area contributed by atoms with Crippen molar-refractivity contribution in [3.63, 3.8) is 0 Å². The molecule has 1 atom stereocenters. The van der Waals surface area contributed by atoms with Gasteiger partial charge in [-0.15, -0.1) is 0 Å². The fourth-order valence-electron chi connectivity index (χ4n) is 5.58. The first-order valence-electron chi connectivity index (χ1n) is 13.9. The van der Waals surface area contributed by atoms with Gasteiger partial charge in [0.15, 0.2) is 0 Å². The van der Waals surface area contributed by atoms with Gasteiger partial charge in [-0.2, -0.15) is 9.23 Å². The summed E-state index contributed by atoms with van der Waals surface area (Å²) in [6.45, 7) is 2.01. The number of halogens is 1. The van der Waals surface area contributed by atoms with Gasteiger partial charge in [0.05, 0.1) is 27.6 Å². The Balaban J connectivity index is 1.45. The molecule has 12 heteroatoms. The van der Waals surface area contributed by atoms with Gasteiger partial charge >= 0.3 is 5.69 Å². The van der Waals surface area contributed by atoms with Crippen LogP contribution >= 0.6 is 11.6 Å². The summed E-state index contributed by atoms with van der Waals surface area (Å²) in [7, 11) is -4.41. The molecule has 6 rings (SSSR count). The van der Waals surface area contributed by atoms with Crippen molar-refractivity contribution in [2.75, 3.05) is 31.1 Å². The number of piperazine rings is 1. The summed E-state index contributed by atoms with van der Waals surface area (Å²) < 4.78 is 29.8. The Morgan fingerprint density at radius 3 is 2.25 bits per heavy atom. The second-order valence-corrected chi connectivity index (χ2v) is 12.6. The topological polar surface area (TPSA) is 121 Å². The number of carbonyl (C=O) groups excluding carboxylic acids is 1. The van der Waals surface area contributed by atoms with Crippen LogP contribution in [0.5, 0.6) is 0 Å². The van der Waals surface area contributed by atoms with E-state index in [1.807, 2.05) is 48.5 Å². The Bertz CT molecular complexity index is 2030. The van der Waals surface area contributed by atoms with Gasteiger partial charge in [-0.3, -0.25) is 14.3 Å². The maximum absolute atomic E-state index is 14.3. The molecule has 5 aromatic rings. The van der Waals surface area contributed by atoms with Crippen LogP contribution in [-0.4, -0.2) is 58.9 Å². The number of aromatic nitrogens is 3. The third kappa shape index (κ3) is 5.45. The molecule has 1 aliphatic heterocycles. The first-order valence-corrected chi connectivity index (χ1v) is 15.8. The number of benzene rings is 3. The Morgan fingerprint density at radius 2 is 1.59 bits per heavy atom. The summed E-state index contributed by atoms with van der Waals surface area (Å²) in [5.74, 6) is -0.292. The normalized spacial score (nSPS) is 14.4. The zero-order valence-corrected chi connectivity index (χ0v) is 25.0. The number of hydrogen-bond donors (Lipinski definition) is 0. The number of fused-ring (bicyclic) bond motifs is 1. The monoisotopic (exact) mass is 626 g/mol. The van der Waals surface area contributed by atoms with Crippen molar-refractivity contribution in [1.82, 2.24) is 18.4 Å². The van der Waals surface area contributed by atoms with Crippen LogP contribution in [0.4, 0.5) is 5.69 Å². The van der Waals surface area contributed by atoms with Crippen LogP contribution in [0.3, 0.4) is 0 Å². The summed E-state index contributed by atoms with van der Waals surface area (Å²) in [6, 6.07) is 23.9. The lowest BCUT2D eigenvalue weighted by atomic mass is 10.0. The van der Waals surface area contributed by atoms with Gasteiger partial charge in [-0.05, 0) is 60.2 Å². The van der Waals surface area contributed by atoms with Crippen LogP contribution in [0.2, 0.25) is 5.02 Å². The van der Waals surface area contributed by atoms with Gasteiger partial charge in [0, 0.05) is 55.7 Å². The number of anilines is 1. The maximum atomic E-state index is 14.3. The van der Waals surface area contributed by atoms with Gasteiger partial charge in [-0.25, -0.2) is 13.2 Å². The molecule has 3 heterocycles. The van der Waals surface area contributed by atoms with Crippen LogP contribution < -0.4 is 10.6 Å². The summed E-state index contributed by atoms with van der Waals surface area (Å²) in [5.41, 5.74) is 1.54. The molecule has 222 valence electrons. The lowest BCUT2D eigenvalue weighted by Gasteiger charge is -2.37. The molecule has 0 aliphatic carbocycles. The summed E-state index contributed by atoms with van der Waals surface area (Å²) in [4.78, 5) is 36.4. The molecule has 0 saturated carbocycles. The minimum Gasteiger partial charge on any atom is -0.368 e. The second-order valence-electron chi connectivity index (χ2n) is 10.4. The zero-order valence-electron chi connectivity index (χ0n) is 23.5. The maximum Gasteiger partial charge on any atom is 0.344 e. The van der Waals surface area contributed by atoms with E-state index in [2.05, 4.69) is 9.88 Å². The molecule has 1 fully saturated rings. The minimum atomic E-state index is -4.41. The highest BCUT2D eigenvalue weighted by Gasteiger charge is 2.34. The van der Waals surface area contributed by atoms with Gasteiger partial charge in [0.2, 0.25) is 5.91 Å². The minimum absolute atomic E-state index is 0.0946. The van der Waals surface area contributed by atoms with E-state index in [0.717, 1.165) is 11.3 Å². The van der Waals surface area contributed by atoms with E-state index in [0.29, 0.717) is 30.2 Å². The molecule has 0 spiro atoms. The zero-order chi connectivity index (χ0) is 30.8. The highest BCUT2D eigenvalue weighted by Crippen LogP contribution is 2.28. The molecule has 44 heavy (non-hydrogen) atoms. The van der Waals surface area contributed by atoms with Crippen LogP contribution in [0.15, 0.2) is 107 Å². The van der Waals surface area contributed by atoms with E-state index in [4.69, 9.17) is 16.9 Å². The molecule has 1 unspecified atom stereocenters. The summed E-state index contributed by atoms with van der Waals surface area (Å²) >= 11 is 6.37. The number of pyridine rings is 1. The highest BCUT2D eigenvalue weighted by molar-refractivity contribution is 7.90. The molecule has 0 bridgehead atoms. The standard InChI is InChI=1S/C32H27ClN6O4S/c33-25-8-11-28-29(21-25)38(32(41)39(28)44(42,43)27-9-6-24(22-34)7-10-27)30(20-23-4-2-1-3-5-23)31(40)37-18-16-36(17-19-37)26-12-14-35-15-13-26/h1-15,21,30H,16-20H2. The van der Waals surface area contributed by atoms with Crippen LogP contribution in [0, 0.1) is 11.3 Å². The molecular weight excluding hydrogens is 600 g/mol. The fraction of sp³-hybridized carbons (Fsp3) is 0.188. The van der Waals surface area contributed by atoms with Crippen LogP contribution in [0.1, 0.15) is 17.2 Å². The average Bonchev–Trinajstić information content (AvgIpc) is 3.35. The number of amides is 1. The van der Waals surface area contributed by atoms with E-state index in [9.17, 15) is 18.0 Å². The van der Waals surface area contributed by atoms with Gasteiger partial charge < -0.3 is 9.80 Å². The molecule has 2 aromatic heterocycles. The number of hydrogen-bond acceptors (Lipinski definition) is 7. The molecule has 10 nitrogen and oxygen atoms in total. The van der Waals surface area contributed by atoms with Crippen molar-refractivity contribution >= 4 is 44.3 Å². The SMILES string of the molecule is N#Cc1ccc(S(=O)(=O)n2c(=O)n(C(Cc3ccccc3)C(=O)N3CCN(c4ccncc4)CC3)c3cc(Cl)ccc32)cc1. The largest absolute Gasteiger partial charge is 0.368 e. The number of nitriles is 1. The van der Waals surface area contributed by atoms with Crippen LogP contribution in [0.25, 0.3) is 11.0 Å². The third-order valence-electron chi connectivity index (χ3n) is 7.81. The first-order chi connectivity index (χ1) is 21.3. The number of carbonyl (C=O) groups is 1. The van der Waals surface area contributed by atoms with Crippen molar-refractivity contribution in [2.24, 2.45) is 0 Å². The van der Waals surface area contributed by atoms with Crippen molar-refractivity contribution in [2.45, 2.75) is 17.4 Å². The molecule has 0 N–H and O–H groups in total. The third-order valence-corrected chi connectivity index (χ3v) is 9.74. The Kier molecular flexibility index (Phi) is 7.95. The number of nitrogens with zero attached hydrogens (tertiary/aromatic N) is 6. The molecule has 1 aliphatic rings. The smallest absolute Gasteiger partial charge is 0.344 e. The lowest BCUT2D eigenvalue weighted by Crippen LogP contribution is -2.51. The lowest BCUT2D eigenvalue weighted by molar-refractivity contribution is -0.135. The van der Waals surface area contributed by atoms with E-state index < -0.39 is 21.8 Å². The predicted octanol–water partition coefficient (Wildman–Crippen LogP) is 4.09. The van der Waals surface area contributed by atoms with E-state index in [-0.39, 0.29) is 38.8 Å². The molecule has 1 saturated heterocycles. The Labute approximate surface area is 259 Å². The second kappa shape index (κ2) is 12.0. The molecular formula is C32H27ClN6O4S. The van der Waals surface area contributed by atoms with E-state index in [1.165, 1.54) is 47.0 Å². The van der Waals surface area contributed by atoms with Gasteiger partial charge in [-0.1, -0.05) is 41.9 Å². The fourth-order valence-corrected chi connectivity index (χ4v) is 7.15. The van der Waals surface area contributed by atoms with Crippen LogP contribution in [-0.2, 0) is 21.2 Å². The highest BCUT2D eigenvalue weighted by atomic mass is 35.5. The summed E-state index contributed by atoms with van der Waals surface area (Å²) in [6.07, 6.45) is 3.61. The molecule has 1 amide bonds. The van der Waals surface area contributed by atoms with E-state index >= 15 is 0 Å². The van der Waals surface area contributed by atoms with Crippen molar-refractivity contribution in [3.05, 3.63) is 124 Å². The number of imidazole rings is 1. The van der Waals surface area contributed by atoms with Crippen molar-refractivity contribution < 1.29 is 13.2 Å². The summed E-state index contributed by atoms with van der Waals surface area (Å²) in [5, 5.41) is 9.45. The predicted molar refractivity (Wildman–Crippen MR) is 167 cm³/mol. The van der Waals surface area contributed by atoms with Gasteiger partial charge in [0.25, 0.3) is 10.0 Å². The molecule has 0 radical (unpaired) electrons. The van der Waals surface area contributed by atoms with Crippen molar-refractivity contribution in [3.8, 4) is 6.07 Å². The number of rotatable bonds is 7. The molecule has 3 aromatic carbocycles.